The number of hydrogen-bond acceptors (Lipinski definition) is 6. The van der Waals surface area contributed by atoms with E-state index in [1.165, 1.54) is 6.33 Å². The van der Waals surface area contributed by atoms with Crippen LogP contribution in [-0.4, -0.2) is 23.0 Å². The van der Waals surface area contributed by atoms with Crippen LogP contribution in [0.3, 0.4) is 0 Å². The summed E-state index contributed by atoms with van der Waals surface area (Å²) in [6.07, 6.45) is 2.86. The summed E-state index contributed by atoms with van der Waals surface area (Å²) in [5.41, 5.74) is 0.954. The Hall–Kier alpha value is -3.06. The van der Waals surface area contributed by atoms with Crippen molar-refractivity contribution in [3.05, 3.63) is 65.5 Å². The van der Waals surface area contributed by atoms with Gasteiger partial charge in [-0.2, -0.15) is 0 Å². The van der Waals surface area contributed by atoms with Crippen LogP contribution in [0.2, 0.25) is 5.02 Å². The lowest BCUT2D eigenvalue weighted by atomic mass is 10.3. The summed E-state index contributed by atoms with van der Waals surface area (Å²) in [6.45, 7) is 0.284. The van der Waals surface area contributed by atoms with E-state index in [0.717, 1.165) is 0 Å². The number of carbonyl (C=O) groups is 1. The molecule has 25 heavy (non-hydrogen) atoms. The van der Waals surface area contributed by atoms with E-state index in [0.29, 0.717) is 28.0 Å². The van der Waals surface area contributed by atoms with Crippen LogP contribution in [0.15, 0.2) is 53.4 Å². The quantitative estimate of drug-likeness (QED) is 0.702. The Morgan fingerprint density at radius 1 is 1.28 bits per heavy atom. The number of furan rings is 1. The number of nitrogens with zero attached hydrogens (tertiary/aromatic N) is 2. The minimum Gasteiger partial charge on any atom is -0.495 e. The largest absolute Gasteiger partial charge is 0.495 e. The van der Waals surface area contributed by atoms with E-state index in [1.54, 1.807) is 49.8 Å². The Morgan fingerprint density at radius 3 is 2.88 bits per heavy atom. The number of anilines is 2. The van der Waals surface area contributed by atoms with Gasteiger partial charge in [-0.25, -0.2) is 9.97 Å². The minimum atomic E-state index is -0.324. The van der Waals surface area contributed by atoms with Gasteiger partial charge in [-0.3, -0.25) is 4.79 Å². The van der Waals surface area contributed by atoms with E-state index in [9.17, 15) is 4.79 Å². The molecule has 3 rings (SSSR count). The molecule has 0 atom stereocenters. The Bertz CT molecular complexity index is 868. The number of hydrogen-bond donors (Lipinski definition) is 2. The first-order valence-corrected chi connectivity index (χ1v) is 7.76. The first kappa shape index (κ1) is 16.8. The third-order valence-corrected chi connectivity index (χ3v) is 3.62. The lowest BCUT2D eigenvalue weighted by Gasteiger charge is -2.09. The molecule has 2 N–H and O–H groups in total. The van der Waals surface area contributed by atoms with Gasteiger partial charge in [0.2, 0.25) is 0 Å². The topological polar surface area (TPSA) is 89.3 Å². The number of aromatic nitrogens is 2. The van der Waals surface area contributed by atoms with Crippen molar-refractivity contribution in [2.45, 2.75) is 6.54 Å². The SMILES string of the molecule is COc1ccc(Nc2cc(C(=O)NCc3ccco3)ncn2)cc1Cl. The molecule has 2 heterocycles. The minimum absolute atomic E-state index is 0.240. The second-order valence-corrected chi connectivity index (χ2v) is 5.43. The van der Waals surface area contributed by atoms with Crippen LogP contribution in [0.5, 0.6) is 5.75 Å². The highest BCUT2D eigenvalue weighted by molar-refractivity contribution is 6.32. The third kappa shape index (κ3) is 4.27. The molecule has 7 nitrogen and oxygen atoms in total. The lowest BCUT2D eigenvalue weighted by molar-refractivity contribution is 0.0943. The number of halogens is 1. The Balaban J connectivity index is 1.68. The van der Waals surface area contributed by atoms with E-state index in [4.69, 9.17) is 20.8 Å². The fraction of sp³-hybridized carbons (Fsp3) is 0.118. The predicted molar refractivity (Wildman–Crippen MR) is 93.2 cm³/mol. The van der Waals surface area contributed by atoms with Crippen LogP contribution < -0.4 is 15.4 Å². The summed E-state index contributed by atoms with van der Waals surface area (Å²) >= 11 is 6.10. The van der Waals surface area contributed by atoms with E-state index in [2.05, 4.69) is 20.6 Å². The Morgan fingerprint density at radius 2 is 2.16 bits per heavy atom. The molecule has 0 aliphatic carbocycles. The maximum atomic E-state index is 12.2. The monoisotopic (exact) mass is 358 g/mol. The molecule has 8 heteroatoms. The van der Waals surface area contributed by atoms with Gasteiger partial charge in [0.1, 0.15) is 29.3 Å². The van der Waals surface area contributed by atoms with Crippen LogP contribution >= 0.6 is 11.6 Å². The number of rotatable bonds is 6. The summed E-state index contributed by atoms with van der Waals surface area (Å²) in [4.78, 5) is 20.3. The van der Waals surface area contributed by atoms with Crippen molar-refractivity contribution >= 4 is 29.0 Å². The molecular weight excluding hydrogens is 344 g/mol. The average Bonchev–Trinajstić information content (AvgIpc) is 3.14. The summed E-state index contributed by atoms with van der Waals surface area (Å²) in [6, 6.07) is 10.3. The van der Waals surface area contributed by atoms with Crippen LogP contribution in [0.4, 0.5) is 11.5 Å². The number of carbonyl (C=O) groups excluding carboxylic acids is 1. The standard InChI is InChI=1S/C17H15ClN4O3/c1-24-15-5-4-11(7-13(15)18)22-16-8-14(20-10-21-16)17(23)19-9-12-3-2-6-25-12/h2-8,10H,9H2,1H3,(H,19,23)(H,20,21,22). The van der Waals surface area contributed by atoms with Crippen molar-refractivity contribution < 1.29 is 13.9 Å². The van der Waals surface area contributed by atoms with Crippen LogP contribution in [-0.2, 0) is 6.54 Å². The van der Waals surface area contributed by atoms with Gasteiger partial charge in [-0.05, 0) is 30.3 Å². The molecule has 0 aliphatic rings. The maximum absolute atomic E-state index is 12.2. The highest BCUT2D eigenvalue weighted by Gasteiger charge is 2.10. The molecule has 0 spiro atoms. The first-order valence-electron chi connectivity index (χ1n) is 7.39. The van der Waals surface area contributed by atoms with Crippen molar-refractivity contribution in [3.63, 3.8) is 0 Å². The molecule has 1 aromatic carbocycles. The normalized spacial score (nSPS) is 10.3. The number of amides is 1. The average molecular weight is 359 g/mol. The van der Waals surface area contributed by atoms with E-state index >= 15 is 0 Å². The van der Waals surface area contributed by atoms with Gasteiger partial charge in [0.25, 0.3) is 5.91 Å². The fourth-order valence-electron chi connectivity index (χ4n) is 2.11. The number of nitrogens with one attached hydrogen (secondary N) is 2. The second kappa shape index (κ2) is 7.67. The van der Waals surface area contributed by atoms with Gasteiger partial charge < -0.3 is 19.8 Å². The fourth-order valence-corrected chi connectivity index (χ4v) is 2.37. The maximum Gasteiger partial charge on any atom is 0.270 e. The highest BCUT2D eigenvalue weighted by atomic mass is 35.5. The van der Waals surface area contributed by atoms with Gasteiger partial charge >= 0.3 is 0 Å². The zero-order valence-corrected chi connectivity index (χ0v) is 14.1. The highest BCUT2D eigenvalue weighted by Crippen LogP contribution is 2.28. The molecule has 1 amide bonds. The first-order chi connectivity index (χ1) is 12.2. The van der Waals surface area contributed by atoms with E-state index in [-0.39, 0.29) is 18.1 Å². The molecule has 0 saturated heterocycles. The van der Waals surface area contributed by atoms with Crippen LogP contribution in [0, 0.1) is 0 Å². The van der Waals surface area contributed by atoms with Gasteiger partial charge in [0.15, 0.2) is 0 Å². The Kier molecular flexibility index (Phi) is 5.15. The van der Waals surface area contributed by atoms with Gasteiger partial charge in [-0.15, -0.1) is 0 Å². The third-order valence-electron chi connectivity index (χ3n) is 3.33. The molecule has 0 fully saturated rings. The zero-order valence-electron chi connectivity index (χ0n) is 13.3. The van der Waals surface area contributed by atoms with Crippen molar-refractivity contribution in [2.75, 3.05) is 12.4 Å². The smallest absolute Gasteiger partial charge is 0.270 e. The molecule has 2 aromatic heterocycles. The molecule has 0 radical (unpaired) electrons. The molecular formula is C17H15ClN4O3. The van der Waals surface area contributed by atoms with Gasteiger partial charge in [0, 0.05) is 11.8 Å². The molecule has 0 saturated carbocycles. The Labute approximate surface area is 149 Å². The van der Waals surface area contributed by atoms with Crippen molar-refractivity contribution in [1.29, 1.82) is 0 Å². The molecule has 0 aliphatic heterocycles. The number of benzene rings is 1. The van der Waals surface area contributed by atoms with Gasteiger partial charge in [-0.1, -0.05) is 11.6 Å². The second-order valence-electron chi connectivity index (χ2n) is 5.02. The molecule has 128 valence electrons. The molecule has 3 aromatic rings. The van der Waals surface area contributed by atoms with Crippen molar-refractivity contribution in [2.24, 2.45) is 0 Å². The van der Waals surface area contributed by atoms with Gasteiger partial charge in [0.05, 0.1) is 24.9 Å². The van der Waals surface area contributed by atoms with Crippen LogP contribution in [0.25, 0.3) is 0 Å². The predicted octanol–water partition coefficient (Wildman–Crippen LogP) is 3.41. The molecule has 0 unspecified atom stereocenters. The van der Waals surface area contributed by atoms with E-state index < -0.39 is 0 Å². The summed E-state index contributed by atoms with van der Waals surface area (Å²) in [5.74, 6) is 1.38. The lowest BCUT2D eigenvalue weighted by Crippen LogP contribution is -2.23. The number of ether oxygens (including phenoxy) is 1. The van der Waals surface area contributed by atoms with Crippen molar-refractivity contribution in [3.8, 4) is 5.75 Å². The summed E-state index contributed by atoms with van der Waals surface area (Å²) < 4.78 is 10.3. The number of methoxy groups -OCH3 is 1. The zero-order chi connectivity index (χ0) is 17.6. The summed E-state index contributed by atoms with van der Waals surface area (Å²) in [7, 11) is 1.55. The van der Waals surface area contributed by atoms with E-state index in [1.807, 2.05) is 0 Å². The van der Waals surface area contributed by atoms with Crippen molar-refractivity contribution in [1.82, 2.24) is 15.3 Å². The van der Waals surface area contributed by atoms with Crippen LogP contribution in [0.1, 0.15) is 16.2 Å². The summed E-state index contributed by atoms with van der Waals surface area (Å²) in [5, 5.41) is 6.27. The molecule has 0 bridgehead atoms.